The van der Waals surface area contributed by atoms with Gasteiger partial charge in [-0.2, -0.15) is 16.1 Å². The van der Waals surface area contributed by atoms with Crippen LogP contribution < -0.4 is 5.32 Å². The Kier molecular flexibility index (Phi) is 8.50. The molecule has 10 heteroatoms. The van der Waals surface area contributed by atoms with Gasteiger partial charge in [0.25, 0.3) is 5.91 Å². The summed E-state index contributed by atoms with van der Waals surface area (Å²) < 4.78 is 40.1. The summed E-state index contributed by atoms with van der Waals surface area (Å²) in [6, 6.07) is 11.2. The van der Waals surface area contributed by atoms with Crippen LogP contribution in [0.5, 0.6) is 0 Å². The Bertz CT molecular complexity index is 1090. The highest BCUT2D eigenvalue weighted by molar-refractivity contribution is 7.98. The zero-order valence-electron chi connectivity index (χ0n) is 18.7. The summed E-state index contributed by atoms with van der Waals surface area (Å²) in [4.78, 5) is 27.5. The van der Waals surface area contributed by atoms with Crippen molar-refractivity contribution >= 4 is 33.6 Å². The Hall–Kier alpha value is -2.43. The van der Waals surface area contributed by atoms with Gasteiger partial charge < -0.3 is 10.2 Å². The van der Waals surface area contributed by atoms with E-state index in [1.807, 2.05) is 19.2 Å². The lowest BCUT2D eigenvalue weighted by molar-refractivity contribution is -0.134. The fraction of sp³-hybridized carbons (Fsp3) is 0.391. The first-order valence-electron chi connectivity index (χ1n) is 10.6. The molecule has 0 spiro atoms. The van der Waals surface area contributed by atoms with E-state index in [0.29, 0.717) is 17.7 Å². The molecule has 7 nitrogen and oxygen atoms in total. The average Bonchev–Trinajstić information content (AvgIpc) is 2.81. The van der Waals surface area contributed by atoms with Crippen LogP contribution >= 0.6 is 11.8 Å². The lowest BCUT2D eigenvalue weighted by Crippen LogP contribution is -2.55. The molecule has 1 heterocycles. The molecule has 1 saturated heterocycles. The predicted molar refractivity (Wildman–Crippen MR) is 127 cm³/mol. The number of carbonyl (C=O) groups is 2. The van der Waals surface area contributed by atoms with E-state index in [9.17, 15) is 22.4 Å². The highest BCUT2D eigenvalue weighted by Gasteiger charge is 2.33. The van der Waals surface area contributed by atoms with Crippen LogP contribution in [0, 0.1) is 12.7 Å². The number of carbonyl (C=O) groups excluding carboxylic acids is 2. The maximum atomic E-state index is 13.2. The summed E-state index contributed by atoms with van der Waals surface area (Å²) >= 11 is 1.59. The third-order valence-corrected chi connectivity index (χ3v) is 8.05. The summed E-state index contributed by atoms with van der Waals surface area (Å²) in [6.45, 7) is 2.59. The molecule has 0 aromatic heterocycles. The van der Waals surface area contributed by atoms with Crippen molar-refractivity contribution in [2.24, 2.45) is 0 Å². The third-order valence-electron chi connectivity index (χ3n) is 5.50. The second-order valence-electron chi connectivity index (χ2n) is 7.86. The zero-order chi connectivity index (χ0) is 24.0. The van der Waals surface area contributed by atoms with E-state index in [1.165, 1.54) is 16.4 Å². The highest BCUT2D eigenvalue weighted by atomic mass is 32.2. The summed E-state index contributed by atoms with van der Waals surface area (Å²) in [5.74, 6) is -0.337. The summed E-state index contributed by atoms with van der Waals surface area (Å²) in [5.41, 5.74) is 1.44. The topological polar surface area (TPSA) is 86.8 Å². The highest BCUT2D eigenvalue weighted by Crippen LogP contribution is 2.19. The second kappa shape index (κ2) is 11.1. The van der Waals surface area contributed by atoms with E-state index in [0.717, 1.165) is 17.7 Å². The number of sulfonamides is 1. The fourth-order valence-corrected chi connectivity index (χ4v) is 5.54. The molecular formula is C23H28FN3O4S2. The van der Waals surface area contributed by atoms with E-state index in [4.69, 9.17) is 0 Å². The van der Waals surface area contributed by atoms with Crippen LogP contribution in [0.25, 0.3) is 0 Å². The van der Waals surface area contributed by atoms with Gasteiger partial charge in [-0.15, -0.1) is 0 Å². The van der Waals surface area contributed by atoms with E-state index in [-0.39, 0.29) is 42.9 Å². The Morgan fingerprint density at radius 2 is 1.76 bits per heavy atom. The molecule has 0 bridgehead atoms. The van der Waals surface area contributed by atoms with Crippen molar-refractivity contribution in [2.75, 3.05) is 38.2 Å². The zero-order valence-corrected chi connectivity index (χ0v) is 20.3. The van der Waals surface area contributed by atoms with Gasteiger partial charge in [-0.05, 0) is 61.8 Å². The van der Waals surface area contributed by atoms with E-state index in [2.05, 4.69) is 5.32 Å². The number of piperazine rings is 1. The maximum absolute atomic E-state index is 13.2. The lowest BCUT2D eigenvalue weighted by Gasteiger charge is -2.36. The van der Waals surface area contributed by atoms with Gasteiger partial charge in [-0.3, -0.25) is 9.59 Å². The minimum Gasteiger partial charge on any atom is -0.340 e. The number of hydrogen-bond donors (Lipinski definition) is 1. The number of rotatable bonds is 8. The van der Waals surface area contributed by atoms with Crippen molar-refractivity contribution < 1.29 is 22.4 Å². The van der Waals surface area contributed by atoms with Crippen LogP contribution in [-0.2, 0) is 14.8 Å². The molecule has 0 aliphatic carbocycles. The summed E-state index contributed by atoms with van der Waals surface area (Å²) in [7, 11) is -3.77. The monoisotopic (exact) mass is 493 g/mol. The number of hydrogen-bond acceptors (Lipinski definition) is 5. The van der Waals surface area contributed by atoms with Gasteiger partial charge in [0, 0.05) is 31.7 Å². The Morgan fingerprint density at radius 3 is 2.36 bits per heavy atom. The minimum absolute atomic E-state index is 0.0203. The number of nitrogens with one attached hydrogen (secondary N) is 1. The molecule has 3 rings (SSSR count). The average molecular weight is 494 g/mol. The van der Waals surface area contributed by atoms with Gasteiger partial charge in [0.1, 0.15) is 11.9 Å². The van der Waals surface area contributed by atoms with Crippen molar-refractivity contribution in [1.82, 2.24) is 14.5 Å². The second-order valence-corrected chi connectivity index (χ2v) is 10.8. The Balaban J connectivity index is 1.65. The van der Waals surface area contributed by atoms with Gasteiger partial charge in [0.05, 0.1) is 4.90 Å². The molecule has 0 saturated carbocycles. The number of aryl methyl sites for hydroxylation is 1. The smallest absolute Gasteiger partial charge is 0.251 e. The lowest BCUT2D eigenvalue weighted by atomic mass is 10.1. The Morgan fingerprint density at radius 1 is 1.09 bits per heavy atom. The minimum atomic E-state index is -3.77. The fourth-order valence-electron chi connectivity index (χ4n) is 3.65. The number of thioether (sulfide) groups is 1. The first-order valence-corrected chi connectivity index (χ1v) is 13.5. The van der Waals surface area contributed by atoms with E-state index < -0.39 is 21.9 Å². The molecule has 2 aromatic carbocycles. The van der Waals surface area contributed by atoms with Crippen LogP contribution in [0.3, 0.4) is 0 Å². The molecule has 0 radical (unpaired) electrons. The standard InChI is InChI=1S/C23H28FN3O4S2/c1-17-4-3-5-18(16-17)22(28)25-21(10-15-32-2)23(29)26-11-13-27(14-12-26)33(30,31)20-8-6-19(24)7-9-20/h3-9,16,21H,10-15H2,1-2H3,(H,25,28). The molecular weight excluding hydrogens is 465 g/mol. The quantitative estimate of drug-likeness (QED) is 0.611. The SMILES string of the molecule is CSCCC(NC(=O)c1cccc(C)c1)C(=O)N1CCN(S(=O)(=O)c2ccc(F)cc2)CC1. The van der Waals surface area contributed by atoms with Crippen LogP contribution in [0.4, 0.5) is 4.39 Å². The summed E-state index contributed by atoms with van der Waals surface area (Å²) in [6.07, 6.45) is 2.41. The van der Waals surface area contributed by atoms with Gasteiger partial charge >= 0.3 is 0 Å². The number of halogens is 1. The maximum Gasteiger partial charge on any atom is 0.251 e. The summed E-state index contributed by atoms with van der Waals surface area (Å²) in [5, 5.41) is 2.85. The molecule has 1 aliphatic rings. The molecule has 1 aliphatic heterocycles. The van der Waals surface area contributed by atoms with Crippen molar-refractivity contribution in [1.29, 1.82) is 0 Å². The molecule has 2 amide bonds. The predicted octanol–water partition coefficient (Wildman–Crippen LogP) is 2.52. The Labute approximate surface area is 198 Å². The molecule has 33 heavy (non-hydrogen) atoms. The molecule has 1 N–H and O–H groups in total. The number of benzene rings is 2. The largest absolute Gasteiger partial charge is 0.340 e. The normalized spacial score (nSPS) is 15.8. The van der Waals surface area contributed by atoms with Gasteiger partial charge in [0.15, 0.2) is 0 Å². The molecule has 178 valence electrons. The van der Waals surface area contributed by atoms with Gasteiger partial charge in [0.2, 0.25) is 15.9 Å². The van der Waals surface area contributed by atoms with Gasteiger partial charge in [-0.1, -0.05) is 17.7 Å². The number of amides is 2. The molecule has 2 aromatic rings. The van der Waals surface area contributed by atoms with Crippen molar-refractivity contribution in [2.45, 2.75) is 24.3 Å². The van der Waals surface area contributed by atoms with Gasteiger partial charge in [-0.25, -0.2) is 12.8 Å². The number of nitrogens with zero attached hydrogens (tertiary/aromatic N) is 2. The first kappa shape index (κ1) is 25.2. The van der Waals surface area contributed by atoms with Crippen LogP contribution in [0.1, 0.15) is 22.3 Å². The van der Waals surface area contributed by atoms with Crippen molar-refractivity contribution in [3.05, 3.63) is 65.5 Å². The molecule has 1 atom stereocenters. The third kappa shape index (κ3) is 6.33. The molecule has 1 unspecified atom stereocenters. The molecule has 1 fully saturated rings. The van der Waals surface area contributed by atoms with Crippen molar-refractivity contribution in [3.8, 4) is 0 Å². The van der Waals surface area contributed by atoms with Crippen molar-refractivity contribution in [3.63, 3.8) is 0 Å². The van der Waals surface area contributed by atoms with Crippen LogP contribution in [0.15, 0.2) is 53.4 Å². The first-order chi connectivity index (χ1) is 15.7. The van der Waals surface area contributed by atoms with Crippen LogP contribution in [0.2, 0.25) is 0 Å². The van der Waals surface area contributed by atoms with E-state index in [1.54, 1.807) is 34.9 Å². The van der Waals surface area contributed by atoms with Crippen LogP contribution in [-0.4, -0.2) is 73.7 Å². The van der Waals surface area contributed by atoms with E-state index >= 15 is 0 Å².